The van der Waals surface area contributed by atoms with E-state index in [1.807, 2.05) is 15.8 Å². The average Bonchev–Trinajstić information content (AvgIpc) is 3.18. The molecule has 4 rings (SSSR count). The maximum Gasteiger partial charge on any atom is 0.322 e. The Hall–Kier alpha value is -2.09. The summed E-state index contributed by atoms with van der Waals surface area (Å²) in [6.07, 6.45) is 6.24. The van der Waals surface area contributed by atoms with Crippen molar-refractivity contribution in [2.45, 2.75) is 31.4 Å². The molecule has 0 saturated carbocycles. The molecule has 0 spiro atoms. The topological polar surface area (TPSA) is 79.7 Å². The number of ether oxygens (including phenoxy) is 1. The number of rotatable bonds is 4. The third-order valence-electron chi connectivity index (χ3n) is 4.77. The van der Waals surface area contributed by atoms with Crippen LogP contribution in [0.15, 0.2) is 12.4 Å². The minimum absolute atomic E-state index is 0.0773. The van der Waals surface area contributed by atoms with Crippen LogP contribution >= 0.6 is 0 Å². The van der Waals surface area contributed by atoms with Gasteiger partial charge in [0.25, 0.3) is 0 Å². The molecule has 8 heteroatoms. The molecular formula is C15H21N5O3. The normalized spacial score (nSPS) is 24.9. The second kappa shape index (κ2) is 5.84. The molecule has 8 nitrogen and oxygen atoms in total. The lowest BCUT2D eigenvalue weighted by molar-refractivity contribution is -0.139. The third kappa shape index (κ3) is 2.78. The van der Waals surface area contributed by atoms with Crippen LogP contribution in [0.3, 0.4) is 0 Å². The summed E-state index contributed by atoms with van der Waals surface area (Å²) in [5.41, 5.74) is 0.809. The maximum absolute atomic E-state index is 12.2. The number of nitrogens with one attached hydrogen (secondary N) is 1. The van der Waals surface area contributed by atoms with E-state index in [0.717, 1.165) is 25.1 Å². The Bertz CT molecular complexity index is 604. The second-order valence-electron chi connectivity index (χ2n) is 6.35. The van der Waals surface area contributed by atoms with Gasteiger partial charge in [0, 0.05) is 39.0 Å². The summed E-state index contributed by atoms with van der Waals surface area (Å²) in [7, 11) is 0. The minimum Gasteiger partial charge on any atom is -0.378 e. The summed E-state index contributed by atoms with van der Waals surface area (Å²) in [6.45, 7) is 3.47. The van der Waals surface area contributed by atoms with Gasteiger partial charge in [-0.2, -0.15) is 5.10 Å². The number of nitrogens with zero attached hydrogens (tertiary/aromatic N) is 4. The van der Waals surface area contributed by atoms with Gasteiger partial charge in [0.2, 0.25) is 5.91 Å². The Kier molecular flexibility index (Phi) is 3.68. The fraction of sp³-hybridized carbons (Fsp3) is 0.667. The average molecular weight is 319 g/mol. The summed E-state index contributed by atoms with van der Waals surface area (Å²) < 4.78 is 7.37. The van der Waals surface area contributed by atoms with Crippen molar-refractivity contribution in [2.75, 3.05) is 37.7 Å². The number of hydrogen-bond donors (Lipinski definition) is 1. The molecule has 1 aromatic rings. The molecule has 0 bridgehead atoms. The predicted octanol–water partition coefficient (Wildman–Crippen LogP) is 0.365. The van der Waals surface area contributed by atoms with Gasteiger partial charge < -0.3 is 15.0 Å². The molecular weight excluding hydrogens is 298 g/mol. The zero-order valence-electron chi connectivity index (χ0n) is 13.0. The molecule has 1 unspecified atom stereocenters. The first kappa shape index (κ1) is 14.5. The summed E-state index contributed by atoms with van der Waals surface area (Å²) in [6, 6.07) is 0.120. The van der Waals surface area contributed by atoms with Crippen molar-refractivity contribution in [1.82, 2.24) is 20.0 Å². The molecule has 4 heterocycles. The fourth-order valence-electron chi connectivity index (χ4n) is 3.34. The van der Waals surface area contributed by atoms with Gasteiger partial charge in [-0.15, -0.1) is 0 Å². The highest BCUT2D eigenvalue weighted by Gasteiger charge is 2.34. The lowest BCUT2D eigenvalue weighted by Crippen LogP contribution is -2.51. The molecule has 0 aliphatic carbocycles. The molecule has 3 aliphatic heterocycles. The Morgan fingerprint density at radius 1 is 1.43 bits per heavy atom. The molecule has 0 radical (unpaired) electrons. The van der Waals surface area contributed by atoms with Crippen molar-refractivity contribution in [3.05, 3.63) is 12.4 Å². The van der Waals surface area contributed by atoms with Crippen molar-refractivity contribution in [1.29, 1.82) is 0 Å². The number of urea groups is 1. The van der Waals surface area contributed by atoms with Crippen LogP contribution in [0.1, 0.15) is 25.3 Å². The first-order chi connectivity index (χ1) is 11.2. The number of hydrogen-bond acceptors (Lipinski definition) is 4. The number of amides is 3. The first-order valence-electron chi connectivity index (χ1n) is 8.19. The lowest BCUT2D eigenvalue weighted by Gasteiger charge is -2.39. The maximum atomic E-state index is 12.2. The van der Waals surface area contributed by atoms with Crippen LogP contribution in [-0.4, -0.2) is 65.5 Å². The van der Waals surface area contributed by atoms with Crippen molar-refractivity contribution in [2.24, 2.45) is 0 Å². The van der Waals surface area contributed by atoms with E-state index in [4.69, 9.17) is 4.74 Å². The number of carbonyl (C=O) groups excluding carboxylic acids is 2. The van der Waals surface area contributed by atoms with Crippen molar-refractivity contribution < 1.29 is 14.3 Å². The largest absolute Gasteiger partial charge is 0.378 e. The quantitative estimate of drug-likeness (QED) is 0.869. The van der Waals surface area contributed by atoms with Crippen molar-refractivity contribution in [3.8, 4) is 0 Å². The summed E-state index contributed by atoms with van der Waals surface area (Å²) in [5, 5.41) is 7.12. The zero-order chi connectivity index (χ0) is 15.8. The lowest BCUT2D eigenvalue weighted by atomic mass is 10.1. The zero-order valence-corrected chi connectivity index (χ0v) is 13.0. The van der Waals surface area contributed by atoms with Gasteiger partial charge >= 0.3 is 6.03 Å². The monoisotopic (exact) mass is 319 g/mol. The van der Waals surface area contributed by atoms with E-state index >= 15 is 0 Å². The van der Waals surface area contributed by atoms with Gasteiger partial charge in [0.05, 0.1) is 30.5 Å². The van der Waals surface area contributed by atoms with Crippen LogP contribution in [0.4, 0.5) is 10.5 Å². The molecule has 124 valence electrons. The molecule has 1 aromatic heterocycles. The van der Waals surface area contributed by atoms with Gasteiger partial charge in [-0.3, -0.25) is 14.4 Å². The van der Waals surface area contributed by atoms with E-state index in [-0.39, 0.29) is 24.1 Å². The highest BCUT2D eigenvalue weighted by atomic mass is 16.5. The van der Waals surface area contributed by atoms with Gasteiger partial charge in [-0.05, 0) is 12.8 Å². The molecule has 3 amide bonds. The van der Waals surface area contributed by atoms with Gasteiger partial charge in [-0.25, -0.2) is 4.79 Å². The Morgan fingerprint density at radius 2 is 2.30 bits per heavy atom. The molecule has 3 aliphatic rings. The Labute approximate surface area is 134 Å². The molecule has 3 fully saturated rings. The summed E-state index contributed by atoms with van der Waals surface area (Å²) in [4.78, 5) is 27.4. The predicted molar refractivity (Wildman–Crippen MR) is 82.2 cm³/mol. The smallest absolute Gasteiger partial charge is 0.322 e. The highest BCUT2D eigenvalue weighted by molar-refractivity contribution is 5.93. The molecule has 3 saturated heterocycles. The van der Waals surface area contributed by atoms with Gasteiger partial charge in [0.15, 0.2) is 0 Å². The van der Waals surface area contributed by atoms with Crippen LogP contribution in [0.5, 0.6) is 0 Å². The minimum atomic E-state index is -0.0773. The summed E-state index contributed by atoms with van der Waals surface area (Å²) in [5.74, 6) is 0.166. The van der Waals surface area contributed by atoms with E-state index in [1.54, 1.807) is 11.1 Å². The standard InChI is InChI=1S/C15H21N5O3/c21-14(6-13-2-1-5-23-13)18-8-12(9-18)20-10-11(7-17-20)19-4-3-16-15(19)22/h7,10,12-13H,1-6,8-9H2,(H,16,22). The van der Waals surface area contributed by atoms with Gasteiger partial charge in [-0.1, -0.05) is 0 Å². The number of anilines is 1. The van der Waals surface area contributed by atoms with Gasteiger partial charge in [0.1, 0.15) is 0 Å². The first-order valence-corrected chi connectivity index (χ1v) is 8.19. The van der Waals surface area contributed by atoms with Crippen LogP contribution in [0.2, 0.25) is 0 Å². The van der Waals surface area contributed by atoms with E-state index in [1.165, 1.54) is 0 Å². The molecule has 1 N–H and O–H groups in total. The summed E-state index contributed by atoms with van der Waals surface area (Å²) >= 11 is 0. The van der Waals surface area contributed by atoms with Crippen LogP contribution in [0, 0.1) is 0 Å². The van der Waals surface area contributed by atoms with Crippen LogP contribution < -0.4 is 10.2 Å². The molecule has 0 aromatic carbocycles. The Morgan fingerprint density at radius 3 is 3.00 bits per heavy atom. The highest BCUT2D eigenvalue weighted by Crippen LogP contribution is 2.26. The fourth-order valence-corrected chi connectivity index (χ4v) is 3.34. The van der Waals surface area contributed by atoms with E-state index in [0.29, 0.717) is 32.6 Å². The SMILES string of the molecule is O=C(CC1CCCO1)N1CC(n2cc(N3CCNC3=O)cn2)C1. The van der Waals surface area contributed by atoms with E-state index < -0.39 is 0 Å². The number of aromatic nitrogens is 2. The van der Waals surface area contributed by atoms with Crippen molar-refractivity contribution in [3.63, 3.8) is 0 Å². The third-order valence-corrected chi connectivity index (χ3v) is 4.77. The molecule has 23 heavy (non-hydrogen) atoms. The van der Waals surface area contributed by atoms with Crippen LogP contribution in [-0.2, 0) is 9.53 Å². The van der Waals surface area contributed by atoms with E-state index in [9.17, 15) is 9.59 Å². The number of likely N-dealkylation sites (tertiary alicyclic amines) is 1. The second-order valence-corrected chi connectivity index (χ2v) is 6.35. The van der Waals surface area contributed by atoms with Crippen LogP contribution in [0.25, 0.3) is 0 Å². The van der Waals surface area contributed by atoms with E-state index in [2.05, 4.69) is 10.4 Å². The Balaban J connectivity index is 1.30. The number of carbonyl (C=O) groups is 2. The van der Waals surface area contributed by atoms with Crippen molar-refractivity contribution >= 4 is 17.6 Å². The molecule has 1 atom stereocenters.